The Morgan fingerprint density at radius 2 is 0.397 bits per heavy atom. The second-order valence-electron chi connectivity index (χ2n) is 21.5. The Balaban J connectivity index is 4.26. The van der Waals surface area contributed by atoms with E-state index in [1.54, 1.807) is 34.1 Å². The summed E-state index contributed by atoms with van der Waals surface area (Å²) in [6.07, 6.45) is 65.0. The Bertz CT molecular complexity index is 984. The molecule has 73 heavy (non-hydrogen) atoms. The van der Waals surface area contributed by atoms with E-state index in [9.17, 15) is 14.4 Å². The molecule has 0 unspecified atom stereocenters. The molecule has 0 amide bonds. The highest BCUT2D eigenvalue weighted by Crippen LogP contribution is 2.70. The van der Waals surface area contributed by atoms with Gasteiger partial charge in [-0.2, -0.15) is 0 Å². The van der Waals surface area contributed by atoms with Crippen molar-refractivity contribution in [3.05, 3.63) is 0 Å². The maximum absolute atomic E-state index is 12.6. The number of esters is 3. The van der Waals surface area contributed by atoms with Gasteiger partial charge in [0.05, 0.1) is 44.6 Å². The highest BCUT2D eigenvalue weighted by molar-refractivity contribution is 9.12. The average Bonchev–Trinajstić information content (AvgIpc) is 3.38. The van der Waals surface area contributed by atoms with Crippen LogP contribution in [-0.4, -0.2) is 55.0 Å². The molecule has 6 nitrogen and oxygen atoms in total. The molecule has 0 atom stereocenters. The minimum Gasteiger partial charge on any atom is -0.466 e. The number of unbranched alkanes of at least 4 members (excludes halogenated alkanes) is 45. The molecular weight excluding hydrogens is 980 g/mol. The zero-order valence-electron chi connectivity index (χ0n) is 48.9. The highest BCUT2D eigenvalue weighted by atomic mass is 33.4. The van der Waals surface area contributed by atoms with Crippen molar-refractivity contribution in [3.8, 4) is 0 Å². The molecule has 0 N–H and O–H groups in total. The molecule has 0 rings (SSSR count). The van der Waals surface area contributed by atoms with Crippen LogP contribution >= 0.6 is 39.7 Å². The first kappa shape index (κ1) is 72.9. The van der Waals surface area contributed by atoms with E-state index in [1.165, 1.54) is 270 Å². The van der Waals surface area contributed by atoms with Crippen LogP contribution in [0, 0.1) is 0 Å². The minimum absolute atomic E-state index is 0.117. The Morgan fingerprint density at radius 1 is 0.247 bits per heavy atom. The molecule has 0 heterocycles. The number of carbonyl (C=O) groups is 3. The molecule has 0 aliphatic heterocycles. The van der Waals surface area contributed by atoms with Gasteiger partial charge in [0, 0.05) is 17.3 Å². The van der Waals surface area contributed by atoms with Gasteiger partial charge in [0.1, 0.15) is 0 Å². The summed E-state index contributed by atoms with van der Waals surface area (Å²) < 4.78 is 16.8. The molecule has 0 aromatic rings. The van der Waals surface area contributed by atoms with Gasteiger partial charge in [0.2, 0.25) is 0 Å². The van der Waals surface area contributed by atoms with Gasteiger partial charge < -0.3 is 14.2 Å². The quantitative estimate of drug-likeness (QED) is 0.0256. The Morgan fingerprint density at radius 3 is 0.562 bits per heavy atom. The third-order valence-electron chi connectivity index (χ3n) is 14.3. The summed E-state index contributed by atoms with van der Waals surface area (Å²) in [6.45, 7) is 8.41. The van der Waals surface area contributed by atoms with Crippen LogP contribution in [0.1, 0.15) is 348 Å². The third kappa shape index (κ3) is 62.6. The Kier molecular flexibility index (Phi) is 64.3. The van der Waals surface area contributed by atoms with Gasteiger partial charge in [0.15, 0.2) is 0 Å². The van der Waals surface area contributed by atoms with Crippen LogP contribution in [0.4, 0.5) is 0 Å². The largest absolute Gasteiger partial charge is 0.466 e. The highest BCUT2D eigenvalue weighted by Gasteiger charge is 2.16. The molecule has 0 spiro atoms. The van der Waals surface area contributed by atoms with Crippen molar-refractivity contribution in [2.75, 3.05) is 37.1 Å². The fourth-order valence-corrected chi connectivity index (χ4v) is 19.8. The third-order valence-corrected chi connectivity index (χ3v) is 25.3. The summed E-state index contributed by atoms with van der Waals surface area (Å²) in [7, 11) is 0. The first-order valence-corrected chi connectivity index (χ1v) is 38.3. The molecule has 434 valence electrons. The van der Waals surface area contributed by atoms with Crippen molar-refractivity contribution >= 4 is 57.6 Å². The maximum Gasteiger partial charge on any atom is 0.306 e. The van der Waals surface area contributed by atoms with Crippen molar-refractivity contribution in [3.63, 3.8) is 0 Å². The number of hydrogen-bond acceptors (Lipinski definition) is 9. The SMILES string of the molecule is CCCCCCCCCCCCCCCCCCOC(=O)CCSP(SCCC(=O)OCCCCCCCCCCCCCCCCCC)SCCC(=O)OCCCCCCCCCCCCCCCCCC. The lowest BCUT2D eigenvalue weighted by Crippen LogP contribution is -2.07. The van der Waals surface area contributed by atoms with Crippen LogP contribution in [-0.2, 0) is 28.6 Å². The van der Waals surface area contributed by atoms with E-state index in [0.29, 0.717) is 56.3 Å². The first-order chi connectivity index (χ1) is 36.0. The van der Waals surface area contributed by atoms with Crippen LogP contribution in [0.2, 0.25) is 0 Å². The van der Waals surface area contributed by atoms with Crippen LogP contribution in [0.25, 0.3) is 0 Å². The predicted octanol–water partition coefficient (Wildman–Crippen LogP) is 23.0. The van der Waals surface area contributed by atoms with Crippen LogP contribution in [0.5, 0.6) is 0 Å². The molecule has 0 radical (unpaired) electrons. The first-order valence-electron chi connectivity index (χ1n) is 32.2. The van der Waals surface area contributed by atoms with Crippen LogP contribution in [0.3, 0.4) is 0 Å². The van der Waals surface area contributed by atoms with Gasteiger partial charge in [-0.3, -0.25) is 14.4 Å². The normalized spacial score (nSPS) is 11.5. The Labute approximate surface area is 468 Å². The van der Waals surface area contributed by atoms with Crippen molar-refractivity contribution < 1.29 is 28.6 Å². The summed E-state index contributed by atoms with van der Waals surface area (Å²) in [4.78, 5) is 37.9. The molecule has 0 saturated carbocycles. The fourth-order valence-electron chi connectivity index (χ4n) is 9.45. The van der Waals surface area contributed by atoms with Crippen molar-refractivity contribution in [2.45, 2.75) is 348 Å². The molecule has 10 heteroatoms. The standard InChI is InChI=1S/C63H123O6PS3/c1-4-7-10-13-16-19-22-25-28-31-34-37-40-43-46-49-55-67-61(64)52-58-71-70(72-59-53-62(65)68-56-50-47-44-41-38-35-32-29-26-23-20-17-14-11-8-5-2)73-60-54-63(66)69-57-51-48-45-42-39-36-33-30-27-24-21-18-15-12-9-6-3/h4-60H2,1-3H3. The number of ether oxygens (including phenoxy) is 3. The van der Waals surface area contributed by atoms with Gasteiger partial charge in [-0.1, -0.05) is 310 Å². The summed E-state index contributed by atoms with van der Waals surface area (Å²) in [5.74, 6) is 1.72. The monoisotopic (exact) mass is 1100 g/mol. The second kappa shape index (κ2) is 64.4. The van der Waals surface area contributed by atoms with Gasteiger partial charge in [-0.15, -0.1) is 34.1 Å². The number of hydrogen-bond donors (Lipinski definition) is 0. The lowest BCUT2D eigenvalue weighted by molar-refractivity contribution is -0.144. The number of carbonyl (C=O) groups excluding carboxylic acids is 3. The fraction of sp³-hybridized carbons (Fsp3) is 0.952. The van der Waals surface area contributed by atoms with E-state index in [1.807, 2.05) is 0 Å². The molecule has 0 aromatic heterocycles. The average molecular weight is 1100 g/mol. The molecule has 0 bridgehead atoms. The molecule has 0 fully saturated rings. The van der Waals surface area contributed by atoms with Gasteiger partial charge >= 0.3 is 17.9 Å². The van der Waals surface area contributed by atoms with E-state index in [4.69, 9.17) is 14.2 Å². The molecular formula is C63H123O6PS3. The lowest BCUT2D eigenvalue weighted by atomic mass is 10.0. The summed E-state index contributed by atoms with van der Waals surface area (Å²) in [6, 6.07) is 0. The molecule has 0 aliphatic rings. The zero-order chi connectivity index (χ0) is 52.9. The summed E-state index contributed by atoms with van der Waals surface area (Å²) >= 11 is 5.36. The lowest BCUT2D eigenvalue weighted by Gasteiger charge is -2.15. The molecule has 0 saturated heterocycles. The van der Waals surface area contributed by atoms with E-state index in [-0.39, 0.29) is 17.9 Å². The second-order valence-corrected chi connectivity index (χ2v) is 31.7. The Hall–Kier alpha value is -0.110. The van der Waals surface area contributed by atoms with Crippen molar-refractivity contribution in [1.82, 2.24) is 0 Å². The van der Waals surface area contributed by atoms with Crippen LogP contribution in [0.15, 0.2) is 0 Å². The molecule has 0 aromatic carbocycles. The van der Waals surface area contributed by atoms with Gasteiger partial charge in [-0.25, -0.2) is 0 Å². The molecule has 0 aliphatic carbocycles. The van der Waals surface area contributed by atoms with E-state index < -0.39 is 5.53 Å². The minimum atomic E-state index is -0.631. The van der Waals surface area contributed by atoms with Crippen LogP contribution < -0.4 is 0 Å². The van der Waals surface area contributed by atoms with Crippen molar-refractivity contribution in [1.29, 1.82) is 0 Å². The maximum atomic E-state index is 12.6. The van der Waals surface area contributed by atoms with Crippen molar-refractivity contribution in [2.24, 2.45) is 0 Å². The van der Waals surface area contributed by atoms with Gasteiger partial charge in [0.25, 0.3) is 0 Å². The van der Waals surface area contributed by atoms with E-state index in [0.717, 1.165) is 38.5 Å². The van der Waals surface area contributed by atoms with E-state index in [2.05, 4.69) is 20.8 Å². The summed E-state index contributed by atoms with van der Waals surface area (Å²) in [5, 5.41) is 0. The number of rotatable bonds is 63. The van der Waals surface area contributed by atoms with E-state index >= 15 is 0 Å². The van der Waals surface area contributed by atoms with Gasteiger partial charge in [-0.05, 0) is 19.3 Å². The topological polar surface area (TPSA) is 78.9 Å². The zero-order valence-corrected chi connectivity index (χ0v) is 52.3. The predicted molar refractivity (Wildman–Crippen MR) is 330 cm³/mol. The smallest absolute Gasteiger partial charge is 0.306 e. The summed E-state index contributed by atoms with van der Waals surface area (Å²) in [5.41, 5.74) is -0.631.